The van der Waals surface area contributed by atoms with Crippen molar-refractivity contribution in [3.05, 3.63) is 59.4 Å². The molecule has 1 unspecified atom stereocenters. The predicted molar refractivity (Wildman–Crippen MR) is 118 cm³/mol. The molecule has 3 N–H and O–H groups in total. The van der Waals surface area contributed by atoms with Crippen LogP contribution in [0, 0.1) is 5.82 Å². The average molecular weight is 472 g/mol. The second-order valence-corrected chi connectivity index (χ2v) is 7.67. The zero-order valence-electron chi connectivity index (χ0n) is 18.9. The predicted octanol–water partition coefficient (Wildman–Crippen LogP) is 1.85. The molecule has 1 fully saturated rings. The Morgan fingerprint density at radius 3 is 2.44 bits per heavy atom. The third-order valence-electron chi connectivity index (χ3n) is 5.20. The number of hydrazine groups is 1. The maximum absolute atomic E-state index is 13.2. The summed E-state index contributed by atoms with van der Waals surface area (Å²) in [6, 6.07) is 8.85. The summed E-state index contributed by atoms with van der Waals surface area (Å²) < 4.78 is 24.0. The van der Waals surface area contributed by atoms with Gasteiger partial charge in [0.25, 0.3) is 17.7 Å². The van der Waals surface area contributed by atoms with Crippen molar-refractivity contribution in [3.63, 3.8) is 0 Å². The van der Waals surface area contributed by atoms with Crippen molar-refractivity contribution in [1.29, 1.82) is 0 Å². The summed E-state index contributed by atoms with van der Waals surface area (Å²) in [6.45, 7) is 3.27. The monoisotopic (exact) mass is 472 g/mol. The van der Waals surface area contributed by atoms with E-state index in [2.05, 4.69) is 16.2 Å². The number of hydrogen-bond donors (Lipinski definition) is 3. The standard InChI is InChI=1S/C23H25FN4O6/c1-4-11-34-17-10-5-14(12-18(17)33-3)20(30)27-26-19(29)13-28-21(31)23(2,25-22(28)32)15-6-8-16(24)9-7-15/h5-10,12H,4,11,13H2,1-3H3,(H,25,32)(H,26,29)(H,27,30). The minimum Gasteiger partial charge on any atom is -0.493 e. The molecule has 1 saturated heterocycles. The van der Waals surface area contributed by atoms with Gasteiger partial charge in [-0.2, -0.15) is 0 Å². The van der Waals surface area contributed by atoms with E-state index in [1.165, 1.54) is 50.4 Å². The number of nitrogens with one attached hydrogen (secondary N) is 3. The van der Waals surface area contributed by atoms with Crippen molar-refractivity contribution in [2.45, 2.75) is 25.8 Å². The largest absolute Gasteiger partial charge is 0.493 e. The van der Waals surface area contributed by atoms with Crippen molar-refractivity contribution in [2.24, 2.45) is 0 Å². The Balaban J connectivity index is 1.60. The lowest BCUT2D eigenvalue weighted by atomic mass is 9.92. The normalized spacial score (nSPS) is 17.2. The number of carbonyl (C=O) groups is 4. The van der Waals surface area contributed by atoms with Gasteiger partial charge in [-0.1, -0.05) is 19.1 Å². The van der Waals surface area contributed by atoms with E-state index in [0.717, 1.165) is 6.42 Å². The molecular formula is C23H25FN4O6. The van der Waals surface area contributed by atoms with Crippen LogP contribution in [-0.2, 0) is 15.1 Å². The summed E-state index contributed by atoms with van der Waals surface area (Å²) in [5, 5.41) is 2.52. The van der Waals surface area contributed by atoms with E-state index in [-0.39, 0.29) is 5.56 Å². The van der Waals surface area contributed by atoms with E-state index in [0.29, 0.717) is 28.6 Å². The fourth-order valence-corrected chi connectivity index (χ4v) is 3.34. The maximum Gasteiger partial charge on any atom is 0.325 e. The Bertz CT molecular complexity index is 1110. The molecule has 0 aliphatic carbocycles. The molecule has 3 rings (SSSR count). The molecule has 11 heteroatoms. The number of ether oxygens (including phenoxy) is 2. The third-order valence-corrected chi connectivity index (χ3v) is 5.20. The number of carbonyl (C=O) groups excluding carboxylic acids is 4. The van der Waals surface area contributed by atoms with Gasteiger partial charge in [-0.15, -0.1) is 0 Å². The minimum atomic E-state index is -1.45. The highest BCUT2D eigenvalue weighted by molar-refractivity contribution is 6.09. The van der Waals surface area contributed by atoms with E-state index >= 15 is 0 Å². The van der Waals surface area contributed by atoms with Crippen LogP contribution in [-0.4, -0.2) is 48.9 Å². The molecule has 10 nitrogen and oxygen atoms in total. The molecule has 5 amide bonds. The highest BCUT2D eigenvalue weighted by Crippen LogP contribution is 2.29. The Labute approximate surface area is 195 Å². The van der Waals surface area contributed by atoms with Gasteiger partial charge >= 0.3 is 6.03 Å². The van der Waals surface area contributed by atoms with Crippen LogP contribution in [0.1, 0.15) is 36.2 Å². The quantitative estimate of drug-likeness (QED) is 0.398. The molecule has 0 radical (unpaired) electrons. The summed E-state index contributed by atoms with van der Waals surface area (Å²) in [5.74, 6) is -1.77. The van der Waals surface area contributed by atoms with E-state index < -0.39 is 41.7 Å². The van der Waals surface area contributed by atoms with Gasteiger partial charge in [-0.25, -0.2) is 9.18 Å². The van der Waals surface area contributed by atoms with E-state index in [4.69, 9.17) is 9.47 Å². The SMILES string of the molecule is CCCOc1ccc(C(=O)NNC(=O)CN2C(=O)NC(C)(c3ccc(F)cc3)C2=O)cc1OC. The van der Waals surface area contributed by atoms with Gasteiger partial charge in [0.05, 0.1) is 13.7 Å². The molecule has 2 aromatic rings. The lowest BCUT2D eigenvalue weighted by Crippen LogP contribution is -2.48. The molecule has 0 bridgehead atoms. The third kappa shape index (κ3) is 5.08. The first kappa shape index (κ1) is 24.5. The Morgan fingerprint density at radius 1 is 1.09 bits per heavy atom. The van der Waals surface area contributed by atoms with Crippen LogP contribution < -0.4 is 25.6 Å². The first-order valence-electron chi connectivity index (χ1n) is 10.5. The second-order valence-electron chi connectivity index (χ2n) is 7.67. The van der Waals surface area contributed by atoms with Crippen LogP contribution in [0.15, 0.2) is 42.5 Å². The summed E-state index contributed by atoms with van der Waals surface area (Å²) >= 11 is 0. The second kappa shape index (κ2) is 10.2. The number of rotatable bonds is 8. The van der Waals surface area contributed by atoms with Crippen LogP contribution in [0.2, 0.25) is 0 Å². The maximum atomic E-state index is 13.2. The topological polar surface area (TPSA) is 126 Å². The van der Waals surface area contributed by atoms with Crippen molar-refractivity contribution in [2.75, 3.05) is 20.3 Å². The highest BCUT2D eigenvalue weighted by atomic mass is 19.1. The van der Waals surface area contributed by atoms with Gasteiger partial charge in [0.15, 0.2) is 11.5 Å². The number of benzene rings is 2. The van der Waals surface area contributed by atoms with Crippen molar-refractivity contribution in [1.82, 2.24) is 21.1 Å². The Morgan fingerprint density at radius 2 is 1.79 bits per heavy atom. The number of urea groups is 1. The van der Waals surface area contributed by atoms with Crippen molar-refractivity contribution >= 4 is 23.8 Å². The molecule has 0 aromatic heterocycles. The lowest BCUT2D eigenvalue weighted by Gasteiger charge is -2.22. The molecule has 1 atom stereocenters. The number of nitrogens with zero attached hydrogens (tertiary/aromatic N) is 1. The van der Waals surface area contributed by atoms with E-state index in [1.54, 1.807) is 6.07 Å². The van der Waals surface area contributed by atoms with E-state index in [9.17, 15) is 23.6 Å². The zero-order valence-corrected chi connectivity index (χ0v) is 18.9. The van der Waals surface area contributed by atoms with Gasteiger partial charge in [0, 0.05) is 5.56 Å². The number of halogens is 1. The van der Waals surface area contributed by atoms with Gasteiger partial charge in [-0.05, 0) is 49.2 Å². The molecule has 1 aliphatic rings. The number of imide groups is 1. The average Bonchev–Trinajstić information content (AvgIpc) is 3.05. The Kier molecular flexibility index (Phi) is 7.34. The molecule has 1 aliphatic heterocycles. The van der Waals surface area contributed by atoms with Crippen molar-refractivity contribution in [3.8, 4) is 11.5 Å². The zero-order chi connectivity index (χ0) is 24.9. The molecule has 2 aromatic carbocycles. The highest BCUT2D eigenvalue weighted by Gasteiger charge is 2.49. The van der Waals surface area contributed by atoms with Gasteiger partial charge < -0.3 is 14.8 Å². The molecule has 34 heavy (non-hydrogen) atoms. The smallest absolute Gasteiger partial charge is 0.325 e. The number of methoxy groups -OCH3 is 1. The molecule has 1 heterocycles. The number of amides is 5. The van der Waals surface area contributed by atoms with Gasteiger partial charge in [0.1, 0.15) is 17.9 Å². The fraction of sp³-hybridized carbons (Fsp3) is 0.304. The van der Waals surface area contributed by atoms with Crippen LogP contribution in [0.3, 0.4) is 0 Å². The van der Waals surface area contributed by atoms with Crippen molar-refractivity contribution < 1.29 is 33.0 Å². The first-order chi connectivity index (χ1) is 16.2. The van der Waals surface area contributed by atoms with Crippen LogP contribution in [0.25, 0.3) is 0 Å². The van der Waals surface area contributed by atoms with Gasteiger partial charge in [0.2, 0.25) is 0 Å². The van der Waals surface area contributed by atoms with Crippen LogP contribution >= 0.6 is 0 Å². The summed E-state index contributed by atoms with van der Waals surface area (Å²) in [6.07, 6.45) is 0.804. The number of hydrogen-bond acceptors (Lipinski definition) is 6. The van der Waals surface area contributed by atoms with Crippen LogP contribution in [0.4, 0.5) is 9.18 Å². The summed E-state index contributed by atoms with van der Waals surface area (Å²) in [7, 11) is 1.44. The molecule has 180 valence electrons. The fourth-order valence-electron chi connectivity index (χ4n) is 3.34. The minimum absolute atomic E-state index is 0.194. The molecular weight excluding hydrogens is 447 g/mol. The van der Waals surface area contributed by atoms with Gasteiger partial charge in [-0.3, -0.25) is 30.1 Å². The molecule has 0 saturated carbocycles. The Hall–Kier alpha value is -4.15. The van der Waals surface area contributed by atoms with E-state index in [1.807, 2.05) is 6.92 Å². The lowest BCUT2D eigenvalue weighted by molar-refractivity contribution is -0.135. The van der Waals surface area contributed by atoms with Crippen LogP contribution in [0.5, 0.6) is 11.5 Å². The first-order valence-corrected chi connectivity index (χ1v) is 10.5. The molecule has 0 spiro atoms. The summed E-state index contributed by atoms with van der Waals surface area (Å²) in [4.78, 5) is 50.6. The summed E-state index contributed by atoms with van der Waals surface area (Å²) in [5.41, 5.74) is 3.51.